The van der Waals surface area contributed by atoms with Crippen molar-refractivity contribution >= 4 is 29.3 Å². The zero-order valence-corrected chi connectivity index (χ0v) is 10.4. The lowest BCUT2D eigenvalue weighted by atomic mass is 10.1. The van der Waals surface area contributed by atoms with Crippen molar-refractivity contribution in [1.29, 1.82) is 5.26 Å². The van der Waals surface area contributed by atoms with Gasteiger partial charge in [0.2, 0.25) is 5.91 Å². The van der Waals surface area contributed by atoms with Crippen molar-refractivity contribution in [1.82, 2.24) is 0 Å². The second kappa shape index (κ2) is 7.35. The molecule has 0 unspecified atom stereocenters. The average Bonchev–Trinajstić information content (AvgIpc) is 2.31. The molecule has 5 nitrogen and oxygen atoms in total. The van der Waals surface area contributed by atoms with Crippen LogP contribution in [0, 0.1) is 11.3 Å². The molecule has 6 heteroatoms. The van der Waals surface area contributed by atoms with E-state index in [0.717, 1.165) is 17.3 Å². The second-order valence-electron chi connectivity index (χ2n) is 3.47. The number of aliphatic carboxylic acids is 1. The molecule has 0 heterocycles. The topological polar surface area (TPSA) is 90.2 Å². The standard InChI is InChI=1S/C12H12N2O3S/c13-6-5-9-1-3-10(4-2-9)14-11(15)7-18-8-12(16)17/h1-4H,5,7-8H2,(H,14,15)(H,16,17). The number of hydrogen-bond acceptors (Lipinski definition) is 4. The van der Waals surface area contributed by atoms with Crippen LogP contribution in [0.15, 0.2) is 24.3 Å². The highest BCUT2D eigenvalue weighted by Gasteiger charge is 2.04. The first-order valence-electron chi connectivity index (χ1n) is 5.17. The fraction of sp³-hybridized carbons (Fsp3) is 0.250. The van der Waals surface area contributed by atoms with E-state index in [-0.39, 0.29) is 17.4 Å². The van der Waals surface area contributed by atoms with Gasteiger partial charge in [-0.05, 0) is 17.7 Å². The lowest BCUT2D eigenvalue weighted by Gasteiger charge is -2.04. The van der Waals surface area contributed by atoms with Crippen LogP contribution in [-0.2, 0) is 16.0 Å². The maximum absolute atomic E-state index is 11.4. The number of nitrogens with zero attached hydrogens (tertiary/aromatic N) is 1. The first-order valence-corrected chi connectivity index (χ1v) is 6.32. The Kier molecular flexibility index (Phi) is 5.74. The Morgan fingerprint density at radius 1 is 1.28 bits per heavy atom. The maximum atomic E-state index is 11.4. The van der Waals surface area contributed by atoms with Gasteiger partial charge in [0.1, 0.15) is 0 Å². The zero-order chi connectivity index (χ0) is 13.4. The number of amides is 1. The van der Waals surface area contributed by atoms with Crippen LogP contribution in [0.3, 0.4) is 0 Å². The van der Waals surface area contributed by atoms with Crippen molar-refractivity contribution in [3.8, 4) is 6.07 Å². The number of nitriles is 1. The number of carboxylic acids is 1. The van der Waals surface area contributed by atoms with Crippen molar-refractivity contribution < 1.29 is 14.7 Å². The minimum atomic E-state index is -0.936. The van der Waals surface area contributed by atoms with Gasteiger partial charge in [0.05, 0.1) is 24.0 Å². The molecule has 0 radical (unpaired) electrons. The summed E-state index contributed by atoms with van der Waals surface area (Å²) in [6.07, 6.45) is 0.336. The van der Waals surface area contributed by atoms with Crippen molar-refractivity contribution in [2.45, 2.75) is 6.42 Å². The molecule has 94 valence electrons. The van der Waals surface area contributed by atoms with E-state index in [9.17, 15) is 9.59 Å². The molecule has 1 aromatic rings. The van der Waals surface area contributed by atoms with E-state index < -0.39 is 5.97 Å². The molecule has 0 aromatic heterocycles. The first-order chi connectivity index (χ1) is 8.61. The molecule has 1 amide bonds. The van der Waals surface area contributed by atoms with E-state index >= 15 is 0 Å². The fourth-order valence-electron chi connectivity index (χ4n) is 1.23. The van der Waals surface area contributed by atoms with Crippen molar-refractivity contribution in [2.24, 2.45) is 0 Å². The van der Waals surface area contributed by atoms with Gasteiger partial charge in [-0.3, -0.25) is 9.59 Å². The molecule has 0 fully saturated rings. The van der Waals surface area contributed by atoms with Gasteiger partial charge in [-0.25, -0.2) is 0 Å². The number of carbonyl (C=O) groups excluding carboxylic acids is 1. The summed E-state index contributed by atoms with van der Waals surface area (Å²) in [5.41, 5.74) is 1.52. The van der Waals surface area contributed by atoms with Crippen molar-refractivity contribution in [3.05, 3.63) is 29.8 Å². The number of carboxylic acid groups (broad SMARTS) is 1. The molecular weight excluding hydrogens is 252 g/mol. The van der Waals surface area contributed by atoms with E-state index in [1.165, 1.54) is 0 Å². The summed E-state index contributed by atoms with van der Waals surface area (Å²) >= 11 is 1.05. The minimum Gasteiger partial charge on any atom is -0.481 e. The smallest absolute Gasteiger partial charge is 0.313 e. The highest BCUT2D eigenvalue weighted by Crippen LogP contribution is 2.10. The predicted octanol–water partition coefficient (Wildman–Crippen LogP) is 1.51. The summed E-state index contributed by atoms with van der Waals surface area (Å²) in [5, 5.41) is 19.6. The monoisotopic (exact) mass is 264 g/mol. The molecule has 18 heavy (non-hydrogen) atoms. The van der Waals surface area contributed by atoms with Gasteiger partial charge >= 0.3 is 5.97 Å². The molecule has 1 rings (SSSR count). The number of hydrogen-bond donors (Lipinski definition) is 2. The van der Waals surface area contributed by atoms with Crippen LogP contribution in [0.4, 0.5) is 5.69 Å². The van der Waals surface area contributed by atoms with Gasteiger partial charge in [0.25, 0.3) is 0 Å². The quantitative estimate of drug-likeness (QED) is 0.812. The Balaban J connectivity index is 2.40. The lowest BCUT2D eigenvalue weighted by Crippen LogP contribution is -2.15. The average molecular weight is 264 g/mol. The molecule has 1 aromatic carbocycles. The van der Waals surface area contributed by atoms with E-state index in [1.54, 1.807) is 24.3 Å². The summed E-state index contributed by atoms with van der Waals surface area (Å²) in [5.74, 6) is -1.16. The molecule has 2 N–H and O–H groups in total. The molecule has 0 bridgehead atoms. The molecule has 0 spiro atoms. The lowest BCUT2D eigenvalue weighted by molar-refractivity contribution is -0.133. The third-order valence-electron chi connectivity index (χ3n) is 1.98. The SMILES string of the molecule is N#CCc1ccc(NC(=O)CSCC(=O)O)cc1. The van der Waals surface area contributed by atoms with Crippen LogP contribution >= 0.6 is 11.8 Å². The molecule has 0 saturated carbocycles. The summed E-state index contributed by atoms with van der Waals surface area (Å²) in [6, 6.07) is 9.00. The van der Waals surface area contributed by atoms with E-state index in [4.69, 9.17) is 10.4 Å². The van der Waals surface area contributed by atoms with E-state index in [1.807, 2.05) is 6.07 Å². The summed E-state index contributed by atoms with van der Waals surface area (Å²) in [4.78, 5) is 21.7. The Bertz CT molecular complexity index is 465. The fourth-order valence-corrected chi connectivity index (χ4v) is 1.76. The van der Waals surface area contributed by atoms with Crippen LogP contribution in [-0.4, -0.2) is 28.5 Å². The highest BCUT2D eigenvalue weighted by atomic mass is 32.2. The Morgan fingerprint density at radius 2 is 1.94 bits per heavy atom. The second-order valence-corrected chi connectivity index (χ2v) is 4.45. The van der Waals surface area contributed by atoms with Crippen molar-refractivity contribution in [3.63, 3.8) is 0 Å². The Hall–Kier alpha value is -2.00. The van der Waals surface area contributed by atoms with Gasteiger partial charge in [0.15, 0.2) is 0 Å². The van der Waals surface area contributed by atoms with Gasteiger partial charge in [-0.1, -0.05) is 12.1 Å². The highest BCUT2D eigenvalue weighted by molar-refractivity contribution is 8.00. The number of nitrogens with one attached hydrogen (secondary N) is 1. The van der Waals surface area contributed by atoms with Gasteiger partial charge < -0.3 is 10.4 Å². The van der Waals surface area contributed by atoms with E-state index in [0.29, 0.717) is 12.1 Å². The third-order valence-corrected chi connectivity index (χ3v) is 2.90. The van der Waals surface area contributed by atoms with Gasteiger partial charge in [-0.2, -0.15) is 5.26 Å². The number of benzene rings is 1. The molecule has 0 aliphatic heterocycles. The van der Waals surface area contributed by atoms with Crippen LogP contribution in [0.2, 0.25) is 0 Å². The predicted molar refractivity (Wildman–Crippen MR) is 69.3 cm³/mol. The molecule has 0 aliphatic carbocycles. The maximum Gasteiger partial charge on any atom is 0.313 e. The summed E-state index contributed by atoms with van der Waals surface area (Å²) in [7, 11) is 0. The number of rotatable bonds is 6. The first kappa shape index (κ1) is 14.1. The van der Waals surface area contributed by atoms with Gasteiger partial charge in [0, 0.05) is 5.69 Å². The van der Waals surface area contributed by atoms with Crippen LogP contribution in [0.5, 0.6) is 0 Å². The largest absolute Gasteiger partial charge is 0.481 e. The Labute approximate surface area is 109 Å². The van der Waals surface area contributed by atoms with Crippen LogP contribution < -0.4 is 5.32 Å². The summed E-state index contributed by atoms with van der Waals surface area (Å²) in [6.45, 7) is 0. The minimum absolute atomic E-state index is 0.0888. The number of thioether (sulfide) groups is 1. The molecule has 0 saturated heterocycles. The number of anilines is 1. The van der Waals surface area contributed by atoms with Crippen LogP contribution in [0.1, 0.15) is 5.56 Å². The molecule has 0 aliphatic rings. The van der Waals surface area contributed by atoms with Gasteiger partial charge in [-0.15, -0.1) is 11.8 Å². The number of carbonyl (C=O) groups is 2. The normalized spacial score (nSPS) is 9.50. The zero-order valence-electron chi connectivity index (χ0n) is 9.55. The molecule has 0 atom stereocenters. The Morgan fingerprint density at radius 3 is 2.50 bits per heavy atom. The molecular formula is C12H12N2O3S. The summed E-state index contributed by atoms with van der Waals surface area (Å²) < 4.78 is 0. The third kappa shape index (κ3) is 5.37. The van der Waals surface area contributed by atoms with Crippen LogP contribution in [0.25, 0.3) is 0 Å². The van der Waals surface area contributed by atoms with E-state index in [2.05, 4.69) is 5.32 Å². The van der Waals surface area contributed by atoms with Crippen molar-refractivity contribution in [2.75, 3.05) is 16.8 Å².